The van der Waals surface area contributed by atoms with E-state index in [0.29, 0.717) is 5.92 Å². The van der Waals surface area contributed by atoms with Crippen molar-refractivity contribution in [3.63, 3.8) is 0 Å². The summed E-state index contributed by atoms with van der Waals surface area (Å²) < 4.78 is 0. The minimum atomic E-state index is -1.43. The van der Waals surface area contributed by atoms with Gasteiger partial charge in [-0.3, -0.25) is 0 Å². The smallest absolute Gasteiger partial charge is 0.112 e. The zero-order valence-electron chi connectivity index (χ0n) is 17.1. The normalized spacial score (nSPS) is 19.3. The molecule has 0 saturated heterocycles. The largest absolute Gasteiger partial charge is 0.396 e. The number of benzene rings is 3. The summed E-state index contributed by atoms with van der Waals surface area (Å²) in [5.74, 6) is 0.366. The van der Waals surface area contributed by atoms with Gasteiger partial charge in [-0.15, -0.1) is 0 Å². The van der Waals surface area contributed by atoms with Crippen molar-refractivity contribution in [2.45, 2.75) is 38.3 Å². The number of allylic oxidation sites excluding steroid dienone is 1. The molecule has 0 fully saturated rings. The molecule has 0 saturated carbocycles. The second-order valence-electron chi connectivity index (χ2n) is 9.31. The molecule has 1 aliphatic heterocycles. The first-order valence-corrected chi connectivity index (χ1v) is 13.8. The molecule has 2 heteroatoms. The van der Waals surface area contributed by atoms with Crippen LogP contribution in [-0.2, 0) is 6.42 Å². The van der Waals surface area contributed by atoms with Gasteiger partial charge in [-0.25, -0.2) is 0 Å². The van der Waals surface area contributed by atoms with E-state index in [-0.39, 0.29) is 6.61 Å². The van der Waals surface area contributed by atoms with Gasteiger partial charge in [0.15, 0.2) is 0 Å². The lowest BCUT2D eigenvalue weighted by Gasteiger charge is -2.22. The van der Waals surface area contributed by atoms with Crippen LogP contribution in [0.15, 0.2) is 60.2 Å². The first-order chi connectivity index (χ1) is 14.1. The minimum Gasteiger partial charge on any atom is -0.396 e. The monoisotopic (exact) mass is 394 g/mol. The average molecular weight is 395 g/mol. The van der Waals surface area contributed by atoms with Crippen LogP contribution in [0.25, 0.3) is 17.2 Å². The van der Waals surface area contributed by atoms with E-state index in [9.17, 15) is 5.11 Å². The zero-order chi connectivity index (χ0) is 19.8. The Hall–Kier alpha value is -2.42. The summed E-state index contributed by atoms with van der Waals surface area (Å²) in [6, 6.07) is 20.4. The second-order valence-corrected chi connectivity index (χ2v) is 13.6. The third-order valence-electron chi connectivity index (χ3n) is 7.32. The van der Waals surface area contributed by atoms with E-state index < -0.39 is 8.07 Å². The molecule has 29 heavy (non-hydrogen) atoms. The molecular formula is C27H26OSi. The van der Waals surface area contributed by atoms with Gasteiger partial charge in [-0.05, 0) is 58.2 Å². The molecule has 1 unspecified atom stereocenters. The Morgan fingerprint density at radius 1 is 1.00 bits per heavy atom. The van der Waals surface area contributed by atoms with Crippen LogP contribution in [0.4, 0.5) is 0 Å². The highest BCUT2D eigenvalue weighted by atomic mass is 28.3. The number of rotatable bonds is 4. The number of aliphatic hydroxyl groups is 1. The maximum absolute atomic E-state index is 9.50. The van der Waals surface area contributed by atoms with Gasteiger partial charge >= 0.3 is 0 Å². The quantitative estimate of drug-likeness (QED) is 0.498. The number of hydrogen-bond acceptors (Lipinski definition) is 1. The highest BCUT2D eigenvalue weighted by Gasteiger charge is 2.50. The molecule has 0 amide bonds. The molecule has 0 radical (unpaired) electrons. The molecule has 3 aromatic carbocycles. The van der Waals surface area contributed by atoms with Crippen LogP contribution in [0, 0.1) is 0 Å². The first-order valence-electron chi connectivity index (χ1n) is 10.8. The van der Waals surface area contributed by atoms with Gasteiger partial charge in [0.1, 0.15) is 8.07 Å². The maximum Gasteiger partial charge on any atom is 0.112 e. The molecule has 1 N–H and O–H groups in total. The summed E-state index contributed by atoms with van der Waals surface area (Å²) in [5, 5.41) is 12.9. The van der Waals surface area contributed by atoms with Gasteiger partial charge in [0.2, 0.25) is 0 Å². The molecule has 0 spiro atoms. The van der Waals surface area contributed by atoms with Crippen LogP contribution in [0.3, 0.4) is 0 Å². The van der Waals surface area contributed by atoms with E-state index in [4.69, 9.17) is 0 Å². The molecule has 3 aromatic rings. The summed E-state index contributed by atoms with van der Waals surface area (Å²) in [6.45, 7) is 5.29. The molecule has 2 aliphatic carbocycles. The van der Waals surface area contributed by atoms with Crippen LogP contribution in [-0.4, -0.2) is 19.8 Å². The Labute approximate surface area is 173 Å². The van der Waals surface area contributed by atoms with Gasteiger partial charge < -0.3 is 5.11 Å². The molecule has 0 bridgehead atoms. The van der Waals surface area contributed by atoms with Crippen molar-refractivity contribution in [3.05, 3.63) is 88.0 Å². The lowest BCUT2D eigenvalue weighted by atomic mass is 9.83. The Morgan fingerprint density at radius 2 is 1.79 bits per heavy atom. The van der Waals surface area contributed by atoms with Crippen LogP contribution in [0.5, 0.6) is 0 Å². The van der Waals surface area contributed by atoms with Gasteiger partial charge in [0.25, 0.3) is 0 Å². The summed E-state index contributed by atoms with van der Waals surface area (Å²) in [6.07, 6.45) is 5.28. The third-order valence-corrected chi connectivity index (χ3v) is 10.6. The van der Waals surface area contributed by atoms with E-state index >= 15 is 0 Å². The predicted molar refractivity (Wildman–Crippen MR) is 124 cm³/mol. The lowest BCUT2D eigenvalue weighted by molar-refractivity contribution is 0.288. The highest BCUT2D eigenvalue weighted by Crippen LogP contribution is 2.49. The molecule has 3 aliphatic rings. The van der Waals surface area contributed by atoms with Crippen LogP contribution >= 0.6 is 0 Å². The van der Waals surface area contributed by atoms with Gasteiger partial charge in [-0.1, -0.05) is 89.7 Å². The van der Waals surface area contributed by atoms with Crippen molar-refractivity contribution in [1.82, 2.24) is 0 Å². The fourth-order valence-electron chi connectivity index (χ4n) is 5.87. The Morgan fingerprint density at radius 3 is 2.66 bits per heavy atom. The Balaban J connectivity index is 1.59. The van der Waals surface area contributed by atoms with Crippen molar-refractivity contribution in [3.8, 4) is 11.1 Å². The summed E-state index contributed by atoms with van der Waals surface area (Å²) >= 11 is 0. The lowest BCUT2D eigenvalue weighted by Crippen LogP contribution is -2.21. The third kappa shape index (κ3) is 2.36. The molecule has 144 valence electrons. The van der Waals surface area contributed by atoms with Gasteiger partial charge in [0.05, 0.1) is 0 Å². The van der Waals surface area contributed by atoms with E-state index in [1.165, 1.54) is 33.4 Å². The van der Waals surface area contributed by atoms with Crippen molar-refractivity contribution < 1.29 is 5.11 Å². The predicted octanol–water partition coefficient (Wildman–Crippen LogP) is 4.70. The van der Waals surface area contributed by atoms with Gasteiger partial charge in [0, 0.05) is 12.5 Å². The molecule has 1 nitrogen and oxygen atoms in total. The number of hydrogen-bond donors (Lipinski definition) is 1. The van der Waals surface area contributed by atoms with Crippen molar-refractivity contribution >= 4 is 24.5 Å². The van der Waals surface area contributed by atoms with Crippen LogP contribution in [0.2, 0.25) is 13.1 Å². The first kappa shape index (κ1) is 17.4. The second kappa shape index (κ2) is 6.04. The molecule has 6 rings (SSSR count). The zero-order valence-corrected chi connectivity index (χ0v) is 18.1. The molecular weight excluding hydrogens is 368 g/mol. The summed E-state index contributed by atoms with van der Waals surface area (Å²) in [5.41, 5.74) is 11.9. The van der Waals surface area contributed by atoms with Crippen LogP contribution in [0.1, 0.15) is 46.6 Å². The Bertz CT molecular complexity index is 1200. The maximum atomic E-state index is 9.50. The SMILES string of the molecule is C[Si]1(C)c2cc3c(c(C4C(CCCO)=Cc5ccccc54)c21)Cc1ccccc1-3. The summed E-state index contributed by atoms with van der Waals surface area (Å²) in [4.78, 5) is 0. The number of fused-ring (bicyclic) bond motifs is 5. The van der Waals surface area contributed by atoms with E-state index in [1.807, 2.05) is 0 Å². The van der Waals surface area contributed by atoms with Crippen molar-refractivity contribution in [2.75, 3.05) is 6.61 Å². The Kier molecular flexibility index (Phi) is 3.63. The number of aliphatic hydroxyl groups excluding tert-OH is 1. The van der Waals surface area contributed by atoms with E-state index in [2.05, 4.69) is 73.8 Å². The standard InChI is InChI=1S/C27H26OSi/c1-29(2)24-16-22-20-11-5-3-9-18(20)15-23(22)26(27(24)29)25-19(10-7-13-28)14-17-8-4-6-12-21(17)25/h3-6,8-9,11-12,14,16,25,28H,7,10,13,15H2,1-2H3. The fourth-order valence-corrected chi connectivity index (χ4v) is 9.29. The molecule has 1 atom stereocenters. The minimum absolute atomic E-state index is 0.261. The summed E-state index contributed by atoms with van der Waals surface area (Å²) in [7, 11) is -1.43. The molecule has 1 heterocycles. The topological polar surface area (TPSA) is 20.2 Å². The average Bonchev–Trinajstić information content (AvgIpc) is 3.05. The fraction of sp³-hybridized carbons (Fsp3) is 0.259. The van der Waals surface area contributed by atoms with Crippen LogP contribution < -0.4 is 10.4 Å². The van der Waals surface area contributed by atoms with E-state index in [0.717, 1.165) is 19.3 Å². The van der Waals surface area contributed by atoms with Crippen molar-refractivity contribution in [1.29, 1.82) is 0 Å². The van der Waals surface area contributed by atoms with Crippen molar-refractivity contribution in [2.24, 2.45) is 0 Å². The molecule has 0 aromatic heterocycles. The van der Waals surface area contributed by atoms with Gasteiger partial charge in [-0.2, -0.15) is 0 Å². The van der Waals surface area contributed by atoms with E-state index in [1.54, 1.807) is 21.5 Å². The highest BCUT2D eigenvalue weighted by molar-refractivity contribution is 7.16.